The molecular weight excluding hydrogens is 252 g/mol. The maximum atomic E-state index is 4.08. The van der Waals surface area contributed by atoms with Gasteiger partial charge in [0.15, 0.2) is 0 Å². The van der Waals surface area contributed by atoms with Gasteiger partial charge in [0.1, 0.15) is 0 Å². The highest BCUT2D eigenvalue weighted by Gasteiger charge is 2.21. The van der Waals surface area contributed by atoms with Crippen LogP contribution in [0, 0.1) is 0 Å². The molecule has 3 heteroatoms. The Kier molecular flexibility index (Phi) is 4.01. The zero-order valence-corrected chi connectivity index (χ0v) is 10.5. The monoisotopic (exact) mass is 268 g/mol. The predicted molar refractivity (Wildman–Crippen MR) is 67.6 cm³/mol. The Morgan fingerprint density at radius 1 is 1.33 bits per heavy atom. The summed E-state index contributed by atoms with van der Waals surface area (Å²) in [7, 11) is 0. The molecule has 0 amide bonds. The summed E-state index contributed by atoms with van der Waals surface area (Å²) in [6.45, 7) is 1.20. The van der Waals surface area contributed by atoms with Crippen LogP contribution in [0.4, 0.5) is 5.69 Å². The van der Waals surface area contributed by atoms with Crippen LogP contribution in [-0.4, -0.2) is 22.9 Å². The first-order chi connectivity index (χ1) is 7.42. The molecular formula is C12H17BrN2. The summed E-state index contributed by atoms with van der Waals surface area (Å²) in [6.07, 6.45) is 9.03. The Morgan fingerprint density at radius 3 is 2.87 bits per heavy atom. The van der Waals surface area contributed by atoms with Crippen LogP contribution in [0.25, 0.3) is 0 Å². The van der Waals surface area contributed by atoms with Crippen LogP contribution >= 0.6 is 15.9 Å². The lowest BCUT2D eigenvalue weighted by molar-refractivity contribution is 0.452. The number of nitrogens with zero attached hydrogens (tertiary/aromatic N) is 2. The Balaban J connectivity index is 2.11. The van der Waals surface area contributed by atoms with Gasteiger partial charge in [0.2, 0.25) is 0 Å². The number of piperidine rings is 1. The SMILES string of the molecule is BrCCC1CCCCN1c1ccncc1. The molecule has 0 radical (unpaired) electrons. The summed E-state index contributed by atoms with van der Waals surface area (Å²) in [6, 6.07) is 4.94. The zero-order valence-electron chi connectivity index (χ0n) is 8.90. The molecule has 15 heavy (non-hydrogen) atoms. The highest BCUT2D eigenvalue weighted by molar-refractivity contribution is 9.09. The standard InChI is InChI=1S/C12H17BrN2/c13-7-4-11-3-1-2-10-15(11)12-5-8-14-9-6-12/h5-6,8-9,11H,1-4,7,10H2. The largest absolute Gasteiger partial charge is 0.368 e. The maximum absolute atomic E-state index is 4.08. The van der Waals surface area contributed by atoms with Gasteiger partial charge in [0.05, 0.1) is 0 Å². The van der Waals surface area contributed by atoms with Crippen molar-refractivity contribution in [1.82, 2.24) is 4.98 Å². The molecule has 82 valence electrons. The second-order valence-electron chi connectivity index (χ2n) is 4.03. The molecule has 1 fully saturated rings. The van der Waals surface area contributed by atoms with E-state index in [1.807, 2.05) is 12.4 Å². The van der Waals surface area contributed by atoms with Crippen molar-refractivity contribution in [2.24, 2.45) is 0 Å². The number of hydrogen-bond donors (Lipinski definition) is 0. The van der Waals surface area contributed by atoms with Gasteiger partial charge < -0.3 is 4.90 Å². The summed E-state index contributed by atoms with van der Waals surface area (Å²) >= 11 is 3.55. The highest BCUT2D eigenvalue weighted by atomic mass is 79.9. The van der Waals surface area contributed by atoms with Gasteiger partial charge in [-0.1, -0.05) is 15.9 Å². The molecule has 1 unspecified atom stereocenters. The number of alkyl halides is 1. The number of pyridine rings is 1. The number of hydrogen-bond acceptors (Lipinski definition) is 2. The molecule has 1 atom stereocenters. The third-order valence-corrected chi connectivity index (χ3v) is 3.52. The molecule has 2 nitrogen and oxygen atoms in total. The van der Waals surface area contributed by atoms with Crippen molar-refractivity contribution >= 4 is 21.6 Å². The van der Waals surface area contributed by atoms with Gasteiger partial charge in [-0.2, -0.15) is 0 Å². The van der Waals surface area contributed by atoms with Gasteiger partial charge in [-0.05, 0) is 37.8 Å². The molecule has 0 spiro atoms. The quantitative estimate of drug-likeness (QED) is 0.783. The van der Waals surface area contributed by atoms with E-state index in [9.17, 15) is 0 Å². The summed E-state index contributed by atoms with van der Waals surface area (Å²) in [4.78, 5) is 6.61. The van der Waals surface area contributed by atoms with Crippen LogP contribution in [0.2, 0.25) is 0 Å². The number of rotatable bonds is 3. The van der Waals surface area contributed by atoms with Gasteiger partial charge >= 0.3 is 0 Å². The fourth-order valence-electron chi connectivity index (χ4n) is 2.30. The van der Waals surface area contributed by atoms with Crippen LogP contribution in [0.5, 0.6) is 0 Å². The lowest BCUT2D eigenvalue weighted by Crippen LogP contribution is -2.39. The smallest absolute Gasteiger partial charge is 0.0399 e. The van der Waals surface area contributed by atoms with E-state index in [2.05, 4.69) is 37.9 Å². The van der Waals surface area contributed by atoms with Crippen molar-refractivity contribution in [3.05, 3.63) is 24.5 Å². The fraction of sp³-hybridized carbons (Fsp3) is 0.583. The lowest BCUT2D eigenvalue weighted by atomic mass is 9.99. The highest BCUT2D eigenvalue weighted by Crippen LogP contribution is 2.26. The van der Waals surface area contributed by atoms with Gasteiger partial charge in [0, 0.05) is 36.0 Å². The van der Waals surface area contributed by atoms with E-state index in [-0.39, 0.29) is 0 Å². The van der Waals surface area contributed by atoms with Crippen molar-refractivity contribution < 1.29 is 0 Å². The first-order valence-electron chi connectivity index (χ1n) is 5.64. The average Bonchev–Trinajstić information content (AvgIpc) is 2.31. The molecule has 0 aromatic carbocycles. The molecule has 1 saturated heterocycles. The van der Waals surface area contributed by atoms with E-state index in [4.69, 9.17) is 0 Å². The number of aromatic nitrogens is 1. The topological polar surface area (TPSA) is 16.1 Å². The first-order valence-corrected chi connectivity index (χ1v) is 6.76. The molecule has 1 aliphatic rings. The number of halogens is 1. The van der Waals surface area contributed by atoms with E-state index in [1.54, 1.807) is 0 Å². The Bertz CT molecular complexity index is 287. The molecule has 0 aliphatic carbocycles. The van der Waals surface area contributed by atoms with Gasteiger partial charge in [-0.25, -0.2) is 0 Å². The lowest BCUT2D eigenvalue weighted by Gasteiger charge is -2.37. The summed E-state index contributed by atoms with van der Waals surface area (Å²) in [5.41, 5.74) is 1.33. The van der Waals surface area contributed by atoms with E-state index in [0.29, 0.717) is 6.04 Å². The van der Waals surface area contributed by atoms with Gasteiger partial charge in [0.25, 0.3) is 0 Å². The zero-order chi connectivity index (χ0) is 10.5. The first kappa shape index (κ1) is 10.9. The summed E-state index contributed by atoms with van der Waals surface area (Å²) in [5.74, 6) is 0. The summed E-state index contributed by atoms with van der Waals surface area (Å²) in [5, 5.41) is 1.10. The van der Waals surface area contributed by atoms with E-state index in [0.717, 1.165) is 5.33 Å². The van der Waals surface area contributed by atoms with E-state index < -0.39 is 0 Å². The average molecular weight is 269 g/mol. The maximum Gasteiger partial charge on any atom is 0.0399 e. The van der Waals surface area contributed by atoms with Crippen molar-refractivity contribution in [3.63, 3.8) is 0 Å². The van der Waals surface area contributed by atoms with Crippen LogP contribution in [-0.2, 0) is 0 Å². The predicted octanol–water partition coefficient (Wildman–Crippen LogP) is 3.23. The van der Waals surface area contributed by atoms with Gasteiger partial charge in [-0.3, -0.25) is 4.98 Å². The second kappa shape index (κ2) is 5.50. The van der Waals surface area contributed by atoms with Crippen LogP contribution in [0.1, 0.15) is 25.7 Å². The van der Waals surface area contributed by atoms with E-state index >= 15 is 0 Å². The van der Waals surface area contributed by atoms with Crippen LogP contribution in [0.3, 0.4) is 0 Å². The normalized spacial score (nSPS) is 21.7. The molecule has 0 saturated carbocycles. The van der Waals surface area contributed by atoms with Crippen molar-refractivity contribution in [2.75, 3.05) is 16.8 Å². The molecule has 1 aromatic rings. The Morgan fingerprint density at radius 2 is 2.13 bits per heavy atom. The van der Waals surface area contributed by atoms with Crippen LogP contribution in [0.15, 0.2) is 24.5 Å². The molecule has 1 aromatic heterocycles. The summed E-state index contributed by atoms with van der Waals surface area (Å²) < 4.78 is 0. The third-order valence-electron chi connectivity index (χ3n) is 3.06. The van der Waals surface area contributed by atoms with E-state index in [1.165, 1.54) is 37.9 Å². The Labute approximate surface area is 99.8 Å². The molecule has 2 rings (SSSR count). The number of anilines is 1. The minimum atomic E-state index is 0.709. The third kappa shape index (κ3) is 2.71. The molecule has 2 heterocycles. The van der Waals surface area contributed by atoms with Crippen LogP contribution < -0.4 is 4.90 Å². The minimum absolute atomic E-state index is 0.709. The molecule has 0 N–H and O–H groups in total. The van der Waals surface area contributed by atoms with Crippen molar-refractivity contribution in [2.45, 2.75) is 31.7 Å². The van der Waals surface area contributed by atoms with Crippen molar-refractivity contribution in [1.29, 1.82) is 0 Å². The minimum Gasteiger partial charge on any atom is -0.368 e. The second-order valence-corrected chi connectivity index (χ2v) is 4.82. The molecule has 1 aliphatic heterocycles. The van der Waals surface area contributed by atoms with Crippen molar-refractivity contribution in [3.8, 4) is 0 Å². The van der Waals surface area contributed by atoms with Gasteiger partial charge in [-0.15, -0.1) is 0 Å². The fourth-order valence-corrected chi connectivity index (χ4v) is 2.83. The molecule has 0 bridgehead atoms. The Hall–Kier alpha value is -0.570.